The number of amides is 1. The average Bonchev–Trinajstić information content (AvgIpc) is 3.53. The highest BCUT2D eigenvalue weighted by atomic mass is 16.5. The zero-order chi connectivity index (χ0) is 25.7. The molecule has 0 saturated carbocycles. The summed E-state index contributed by atoms with van der Waals surface area (Å²) in [7, 11) is 2.99. The van der Waals surface area contributed by atoms with Crippen molar-refractivity contribution in [3.63, 3.8) is 0 Å². The number of anilines is 1. The highest BCUT2D eigenvalue weighted by Crippen LogP contribution is 2.44. The monoisotopic (exact) mass is 491 g/mol. The lowest BCUT2D eigenvalue weighted by Gasteiger charge is -2.24. The number of nitrogens with zero attached hydrogens (tertiary/aromatic N) is 1. The lowest BCUT2D eigenvalue weighted by molar-refractivity contribution is -0.132. The van der Waals surface area contributed by atoms with Crippen molar-refractivity contribution in [2.24, 2.45) is 0 Å². The quantitative estimate of drug-likeness (QED) is 0.173. The van der Waals surface area contributed by atoms with Gasteiger partial charge in [-0.15, -0.1) is 0 Å². The van der Waals surface area contributed by atoms with Crippen LogP contribution >= 0.6 is 0 Å². The highest BCUT2D eigenvalue weighted by Gasteiger charge is 2.48. The van der Waals surface area contributed by atoms with Crippen molar-refractivity contribution < 1.29 is 33.3 Å². The van der Waals surface area contributed by atoms with E-state index in [2.05, 4.69) is 6.92 Å². The molecule has 8 heteroatoms. The number of ether oxygens (including phenoxy) is 3. The second-order valence-electron chi connectivity index (χ2n) is 8.30. The smallest absolute Gasteiger partial charge is 0.300 e. The van der Waals surface area contributed by atoms with E-state index in [9.17, 15) is 14.7 Å². The number of rotatable bonds is 10. The van der Waals surface area contributed by atoms with Gasteiger partial charge in [0, 0.05) is 17.3 Å². The Balaban J connectivity index is 1.73. The summed E-state index contributed by atoms with van der Waals surface area (Å²) in [4.78, 5) is 27.8. The van der Waals surface area contributed by atoms with E-state index in [0.717, 1.165) is 19.3 Å². The van der Waals surface area contributed by atoms with Crippen molar-refractivity contribution in [3.05, 3.63) is 77.8 Å². The number of hydrogen-bond donors (Lipinski definition) is 1. The maximum atomic E-state index is 13.2. The molecule has 1 atom stereocenters. The molecule has 1 amide bonds. The first-order valence-corrected chi connectivity index (χ1v) is 11.8. The van der Waals surface area contributed by atoms with Crippen molar-refractivity contribution in [3.8, 4) is 17.2 Å². The molecule has 188 valence electrons. The first kappa shape index (κ1) is 24.9. The fourth-order valence-corrected chi connectivity index (χ4v) is 4.20. The van der Waals surface area contributed by atoms with Crippen molar-refractivity contribution in [2.75, 3.05) is 25.7 Å². The second kappa shape index (κ2) is 11.0. The largest absolute Gasteiger partial charge is 0.507 e. The highest BCUT2D eigenvalue weighted by molar-refractivity contribution is 6.51. The van der Waals surface area contributed by atoms with Gasteiger partial charge in [-0.2, -0.15) is 0 Å². The van der Waals surface area contributed by atoms with Crippen LogP contribution in [-0.2, 0) is 9.59 Å². The third-order valence-corrected chi connectivity index (χ3v) is 6.05. The van der Waals surface area contributed by atoms with Gasteiger partial charge >= 0.3 is 0 Å². The van der Waals surface area contributed by atoms with Crippen LogP contribution < -0.4 is 19.1 Å². The number of aliphatic hydroxyl groups is 1. The molecule has 4 rings (SSSR count). The van der Waals surface area contributed by atoms with Crippen LogP contribution in [-0.4, -0.2) is 37.6 Å². The van der Waals surface area contributed by atoms with E-state index in [1.807, 2.05) is 0 Å². The Hall–Kier alpha value is -4.20. The molecule has 2 heterocycles. The van der Waals surface area contributed by atoms with E-state index in [-0.39, 0.29) is 11.3 Å². The summed E-state index contributed by atoms with van der Waals surface area (Å²) in [6.07, 6.45) is 4.61. The van der Waals surface area contributed by atoms with Gasteiger partial charge < -0.3 is 23.7 Å². The molecule has 3 aromatic rings. The van der Waals surface area contributed by atoms with Gasteiger partial charge in [-0.05, 0) is 55.0 Å². The number of carbonyl (C=O) groups excluding carboxylic acids is 2. The molecule has 1 N–H and O–H groups in total. The summed E-state index contributed by atoms with van der Waals surface area (Å²) in [5.41, 5.74) is 0.713. The molecule has 0 bridgehead atoms. The topological polar surface area (TPSA) is 98.4 Å². The summed E-state index contributed by atoms with van der Waals surface area (Å²) in [6.45, 7) is 2.73. The third-order valence-electron chi connectivity index (χ3n) is 6.05. The molecule has 0 spiro atoms. The zero-order valence-electron chi connectivity index (χ0n) is 20.5. The lowest BCUT2D eigenvalue weighted by Crippen LogP contribution is -2.29. The van der Waals surface area contributed by atoms with Crippen LogP contribution in [0.4, 0.5) is 5.69 Å². The molecule has 1 saturated heterocycles. The number of Topliss-reactive ketones (excluding diaryl/α,β-unsaturated/α-hetero) is 1. The van der Waals surface area contributed by atoms with Gasteiger partial charge in [0.2, 0.25) is 0 Å². The van der Waals surface area contributed by atoms with Crippen LogP contribution in [0.15, 0.2) is 70.9 Å². The summed E-state index contributed by atoms with van der Waals surface area (Å²) >= 11 is 0. The van der Waals surface area contributed by atoms with Gasteiger partial charge in [0.1, 0.15) is 23.3 Å². The number of benzene rings is 2. The molecule has 1 fully saturated rings. The molecule has 1 aliphatic heterocycles. The van der Waals surface area contributed by atoms with Crippen LogP contribution in [0, 0.1) is 0 Å². The molecule has 1 unspecified atom stereocenters. The summed E-state index contributed by atoms with van der Waals surface area (Å²) in [5.74, 6) is -0.0358. The third kappa shape index (κ3) is 4.79. The molecular weight excluding hydrogens is 462 g/mol. The van der Waals surface area contributed by atoms with Crippen molar-refractivity contribution >= 4 is 23.1 Å². The Labute approximate surface area is 209 Å². The molecule has 8 nitrogen and oxygen atoms in total. The van der Waals surface area contributed by atoms with E-state index in [1.165, 1.54) is 25.4 Å². The normalized spacial score (nSPS) is 16.9. The van der Waals surface area contributed by atoms with E-state index in [1.54, 1.807) is 54.6 Å². The standard InChI is InChI=1S/C28H29NO7/c1-4-5-6-15-35-20-12-9-18(10-13-20)26(30)24-25(22-8-7-16-36-22)29(28(32)27(24)31)19-11-14-21(33-2)23(17-19)34-3/h7-14,16-17,25,30H,4-6,15H2,1-3H3/b26-24-. The summed E-state index contributed by atoms with van der Waals surface area (Å²) in [5, 5.41) is 11.2. The second-order valence-corrected chi connectivity index (χ2v) is 8.30. The van der Waals surface area contributed by atoms with Gasteiger partial charge in [-0.3, -0.25) is 14.5 Å². The van der Waals surface area contributed by atoms with E-state index >= 15 is 0 Å². The average molecular weight is 492 g/mol. The zero-order valence-corrected chi connectivity index (χ0v) is 20.5. The van der Waals surface area contributed by atoms with E-state index in [0.29, 0.717) is 40.9 Å². The van der Waals surface area contributed by atoms with Gasteiger partial charge in [0.05, 0.1) is 32.7 Å². The van der Waals surface area contributed by atoms with Crippen molar-refractivity contribution in [2.45, 2.75) is 32.2 Å². The van der Waals surface area contributed by atoms with Crippen molar-refractivity contribution in [1.29, 1.82) is 0 Å². The molecular formula is C28H29NO7. The fraction of sp³-hybridized carbons (Fsp3) is 0.286. The maximum absolute atomic E-state index is 13.2. The summed E-state index contributed by atoms with van der Waals surface area (Å²) in [6, 6.07) is 14.0. The van der Waals surface area contributed by atoms with Gasteiger partial charge in [0.25, 0.3) is 11.7 Å². The minimum Gasteiger partial charge on any atom is -0.507 e. The Morgan fingerprint density at radius 3 is 2.39 bits per heavy atom. The molecule has 36 heavy (non-hydrogen) atoms. The number of methoxy groups -OCH3 is 2. The minimum atomic E-state index is -0.969. The Bertz CT molecular complexity index is 1250. The Kier molecular flexibility index (Phi) is 7.63. The predicted octanol–water partition coefficient (Wildman–Crippen LogP) is 5.49. The van der Waals surface area contributed by atoms with E-state index < -0.39 is 17.7 Å². The Morgan fingerprint density at radius 1 is 1.00 bits per heavy atom. The number of aliphatic hydroxyl groups excluding tert-OH is 1. The van der Waals surface area contributed by atoms with Gasteiger partial charge in [-0.25, -0.2) is 0 Å². The lowest BCUT2D eigenvalue weighted by atomic mass is 9.99. The minimum absolute atomic E-state index is 0.0682. The van der Waals surface area contributed by atoms with Crippen LogP contribution in [0.2, 0.25) is 0 Å². The first-order chi connectivity index (χ1) is 17.5. The van der Waals surface area contributed by atoms with Gasteiger partial charge in [-0.1, -0.05) is 19.8 Å². The van der Waals surface area contributed by atoms with Crippen LogP contribution in [0.25, 0.3) is 5.76 Å². The number of ketones is 1. The van der Waals surface area contributed by atoms with Crippen LogP contribution in [0.5, 0.6) is 17.2 Å². The molecule has 0 radical (unpaired) electrons. The molecule has 1 aliphatic rings. The Morgan fingerprint density at radius 2 is 1.75 bits per heavy atom. The number of carbonyl (C=O) groups is 2. The summed E-state index contributed by atoms with van der Waals surface area (Å²) < 4.78 is 22.0. The number of furan rings is 1. The number of unbranched alkanes of at least 4 members (excludes halogenated alkanes) is 2. The van der Waals surface area contributed by atoms with Crippen LogP contribution in [0.1, 0.15) is 43.6 Å². The molecule has 1 aromatic heterocycles. The van der Waals surface area contributed by atoms with E-state index in [4.69, 9.17) is 18.6 Å². The van der Waals surface area contributed by atoms with Crippen LogP contribution in [0.3, 0.4) is 0 Å². The van der Waals surface area contributed by atoms with Crippen molar-refractivity contribution in [1.82, 2.24) is 0 Å². The SMILES string of the molecule is CCCCCOc1ccc(/C(O)=C2/C(=O)C(=O)N(c3ccc(OC)c(OC)c3)C2c2ccco2)cc1. The first-order valence-electron chi connectivity index (χ1n) is 11.8. The molecule has 2 aromatic carbocycles. The molecule has 0 aliphatic carbocycles. The van der Waals surface area contributed by atoms with Gasteiger partial charge in [0.15, 0.2) is 11.5 Å². The fourth-order valence-electron chi connectivity index (χ4n) is 4.20. The predicted molar refractivity (Wildman–Crippen MR) is 134 cm³/mol. The number of hydrogen-bond acceptors (Lipinski definition) is 7. The maximum Gasteiger partial charge on any atom is 0.300 e.